The fourth-order valence-corrected chi connectivity index (χ4v) is 4.25. The Morgan fingerprint density at radius 3 is 2.57 bits per heavy atom. The second kappa shape index (κ2) is 10.5. The molecule has 3 nitrogen and oxygen atoms in total. The van der Waals surface area contributed by atoms with Gasteiger partial charge in [-0.1, -0.05) is 35.3 Å². The molecule has 3 rings (SSSR count). The molecule has 2 aromatic carbocycles. The van der Waals surface area contributed by atoms with E-state index in [9.17, 15) is 0 Å². The Labute approximate surface area is 187 Å². The van der Waals surface area contributed by atoms with E-state index >= 15 is 0 Å². The zero-order chi connectivity index (χ0) is 19.9. The molecule has 1 heterocycles. The average molecular weight is 501 g/mol. The van der Waals surface area contributed by atoms with Crippen molar-refractivity contribution >= 4 is 50.5 Å². The van der Waals surface area contributed by atoms with Crippen molar-refractivity contribution in [2.45, 2.75) is 26.6 Å². The van der Waals surface area contributed by atoms with Crippen LogP contribution in [0.4, 0.5) is 0 Å². The van der Waals surface area contributed by atoms with Gasteiger partial charge in [0.25, 0.3) is 0 Å². The van der Waals surface area contributed by atoms with Gasteiger partial charge in [-0.3, -0.25) is 0 Å². The monoisotopic (exact) mass is 499 g/mol. The number of hydrogen-bond donors (Lipinski definition) is 1. The van der Waals surface area contributed by atoms with Crippen molar-refractivity contribution in [2.24, 2.45) is 0 Å². The maximum Gasteiger partial charge on any atom is 0.175 e. The Hall–Kier alpha value is -1.24. The molecule has 0 saturated heterocycles. The van der Waals surface area contributed by atoms with Gasteiger partial charge in [-0.25, -0.2) is 0 Å². The van der Waals surface area contributed by atoms with Gasteiger partial charge in [0.05, 0.1) is 21.1 Å². The van der Waals surface area contributed by atoms with Gasteiger partial charge in [0.1, 0.15) is 6.61 Å². The largest absolute Gasteiger partial charge is 0.490 e. The van der Waals surface area contributed by atoms with Gasteiger partial charge in [-0.05, 0) is 69.7 Å². The Kier molecular flexibility index (Phi) is 8.06. The molecule has 7 heteroatoms. The van der Waals surface area contributed by atoms with Crippen LogP contribution in [0.5, 0.6) is 11.5 Å². The fraction of sp³-hybridized carbons (Fsp3) is 0.238. The van der Waals surface area contributed by atoms with Gasteiger partial charge >= 0.3 is 0 Å². The van der Waals surface area contributed by atoms with Crippen LogP contribution in [0, 0.1) is 0 Å². The first-order chi connectivity index (χ1) is 13.6. The second-order valence-electron chi connectivity index (χ2n) is 6.06. The number of rotatable bonds is 9. The van der Waals surface area contributed by atoms with E-state index in [4.69, 9.17) is 32.7 Å². The average Bonchev–Trinajstić information content (AvgIpc) is 3.17. The summed E-state index contributed by atoms with van der Waals surface area (Å²) < 4.78 is 12.7. The summed E-state index contributed by atoms with van der Waals surface area (Å²) >= 11 is 17.4. The summed E-state index contributed by atoms with van der Waals surface area (Å²) in [7, 11) is 0. The summed E-state index contributed by atoms with van der Waals surface area (Å²) in [5.41, 5.74) is 2.05. The molecule has 0 aliphatic heterocycles. The smallest absolute Gasteiger partial charge is 0.175 e. The molecule has 0 saturated carbocycles. The van der Waals surface area contributed by atoms with Crippen LogP contribution in [0.2, 0.25) is 10.0 Å². The van der Waals surface area contributed by atoms with Gasteiger partial charge in [-0.2, -0.15) is 0 Å². The lowest BCUT2D eigenvalue weighted by Crippen LogP contribution is -2.12. The zero-order valence-corrected chi connectivity index (χ0v) is 19.2. The highest BCUT2D eigenvalue weighted by Crippen LogP contribution is 2.37. The molecule has 148 valence electrons. The van der Waals surface area contributed by atoms with Crippen molar-refractivity contribution in [1.29, 1.82) is 0 Å². The number of halogens is 3. The van der Waals surface area contributed by atoms with Crippen molar-refractivity contribution in [3.63, 3.8) is 0 Å². The normalized spacial score (nSPS) is 10.9. The Morgan fingerprint density at radius 2 is 1.86 bits per heavy atom. The van der Waals surface area contributed by atoms with E-state index in [1.165, 1.54) is 4.88 Å². The highest BCUT2D eigenvalue weighted by atomic mass is 79.9. The summed E-state index contributed by atoms with van der Waals surface area (Å²) in [5, 5.41) is 6.58. The topological polar surface area (TPSA) is 30.5 Å². The summed E-state index contributed by atoms with van der Waals surface area (Å²) in [6.07, 6.45) is 0. The van der Waals surface area contributed by atoms with E-state index in [1.54, 1.807) is 23.5 Å². The SMILES string of the molecule is CCOc1cc(CNCc2cccs2)cc(Br)c1OCc1ccc(Cl)c(Cl)c1. The van der Waals surface area contributed by atoms with E-state index in [1.807, 2.05) is 25.1 Å². The van der Waals surface area contributed by atoms with E-state index in [0.717, 1.165) is 28.7 Å². The maximum absolute atomic E-state index is 6.09. The van der Waals surface area contributed by atoms with Crippen LogP contribution in [-0.2, 0) is 19.7 Å². The van der Waals surface area contributed by atoms with E-state index in [0.29, 0.717) is 34.8 Å². The van der Waals surface area contributed by atoms with Crippen LogP contribution in [0.15, 0.2) is 52.3 Å². The van der Waals surface area contributed by atoms with Crippen LogP contribution in [0.1, 0.15) is 22.9 Å². The molecule has 28 heavy (non-hydrogen) atoms. The van der Waals surface area contributed by atoms with Crippen molar-refractivity contribution < 1.29 is 9.47 Å². The third kappa shape index (κ3) is 5.88. The summed E-state index contributed by atoms with van der Waals surface area (Å²) in [4.78, 5) is 1.31. The van der Waals surface area contributed by atoms with Crippen molar-refractivity contribution in [3.05, 3.63) is 78.4 Å². The van der Waals surface area contributed by atoms with Crippen LogP contribution < -0.4 is 14.8 Å². The number of thiophene rings is 1. The first-order valence-corrected chi connectivity index (χ1v) is 11.2. The van der Waals surface area contributed by atoms with Crippen molar-refractivity contribution in [3.8, 4) is 11.5 Å². The van der Waals surface area contributed by atoms with Crippen LogP contribution in [0.25, 0.3) is 0 Å². The van der Waals surface area contributed by atoms with Crippen molar-refractivity contribution in [2.75, 3.05) is 6.61 Å². The predicted octanol–water partition coefficient (Wildman–Crippen LogP) is 7.08. The highest BCUT2D eigenvalue weighted by Gasteiger charge is 2.13. The lowest BCUT2D eigenvalue weighted by Gasteiger charge is -2.16. The van der Waals surface area contributed by atoms with Crippen LogP contribution >= 0.6 is 50.5 Å². The molecule has 0 fully saturated rings. The van der Waals surface area contributed by atoms with Crippen LogP contribution in [-0.4, -0.2) is 6.61 Å². The number of hydrogen-bond acceptors (Lipinski definition) is 4. The molecular formula is C21H20BrCl2NO2S. The fourth-order valence-electron chi connectivity index (χ4n) is 2.65. The lowest BCUT2D eigenvalue weighted by atomic mass is 10.2. The number of benzene rings is 2. The van der Waals surface area contributed by atoms with Gasteiger partial charge in [-0.15, -0.1) is 11.3 Å². The quantitative estimate of drug-likeness (QED) is 0.340. The van der Waals surface area contributed by atoms with Gasteiger partial charge < -0.3 is 14.8 Å². The minimum Gasteiger partial charge on any atom is -0.490 e. The molecule has 0 unspecified atom stereocenters. The minimum atomic E-state index is 0.367. The molecule has 0 aliphatic rings. The minimum absolute atomic E-state index is 0.367. The zero-order valence-electron chi connectivity index (χ0n) is 15.3. The molecule has 0 radical (unpaired) electrons. The van der Waals surface area contributed by atoms with E-state index in [-0.39, 0.29) is 0 Å². The van der Waals surface area contributed by atoms with E-state index < -0.39 is 0 Å². The Balaban J connectivity index is 1.69. The highest BCUT2D eigenvalue weighted by molar-refractivity contribution is 9.10. The molecule has 0 amide bonds. The molecule has 1 N–H and O–H groups in total. The van der Waals surface area contributed by atoms with Gasteiger partial charge in [0.15, 0.2) is 11.5 Å². The third-order valence-corrected chi connectivity index (χ3v) is 6.15. The third-order valence-electron chi connectivity index (χ3n) is 3.94. The number of ether oxygens (including phenoxy) is 2. The molecule has 1 aromatic heterocycles. The van der Waals surface area contributed by atoms with Gasteiger partial charge in [0.2, 0.25) is 0 Å². The molecule has 0 atom stereocenters. The molecule has 0 aliphatic carbocycles. The molecule has 3 aromatic rings. The standard InChI is InChI=1S/C21H20BrCl2NO2S/c1-2-26-20-10-15(11-25-12-16-4-3-7-28-16)8-17(22)21(20)27-13-14-5-6-18(23)19(24)9-14/h3-10,25H,2,11-13H2,1H3. The van der Waals surface area contributed by atoms with Gasteiger partial charge in [0, 0.05) is 18.0 Å². The number of nitrogens with one attached hydrogen (secondary N) is 1. The summed E-state index contributed by atoms with van der Waals surface area (Å²) in [5.74, 6) is 1.39. The molecular weight excluding hydrogens is 481 g/mol. The summed E-state index contributed by atoms with van der Waals surface area (Å²) in [6, 6.07) is 13.7. The molecule has 0 spiro atoms. The van der Waals surface area contributed by atoms with Crippen LogP contribution in [0.3, 0.4) is 0 Å². The second-order valence-corrected chi connectivity index (χ2v) is 8.76. The first kappa shape index (κ1) is 21.5. The molecule has 0 bridgehead atoms. The summed E-state index contributed by atoms with van der Waals surface area (Å²) in [6.45, 7) is 4.46. The Bertz CT molecular complexity index is 919. The first-order valence-electron chi connectivity index (χ1n) is 8.82. The maximum atomic E-state index is 6.09. The van der Waals surface area contributed by atoms with Crippen molar-refractivity contribution in [1.82, 2.24) is 5.32 Å². The Morgan fingerprint density at radius 1 is 1.00 bits per heavy atom. The van der Waals surface area contributed by atoms with E-state index in [2.05, 4.69) is 38.8 Å². The lowest BCUT2D eigenvalue weighted by molar-refractivity contribution is 0.267. The predicted molar refractivity (Wildman–Crippen MR) is 121 cm³/mol.